The lowest BCUT2D eigenvalue weighted by Crippen LogP contribution is -2.42. The number of aliphatic hydroxyl groups is 1. The summed E-state index contributed by atoms with van der Waals surface area (Å²) in [7, 11) is 0. The van der Waals surface area contributed by atoms with Gasteiger partial charge in [-0.25, -0.2) is 4.39 Å². The fraction of sp³-hybridized carbons (Fsp3) is 0.500. The van der Waals surface area contributed by atoms with Gasteiger partial charge in [-0.15, -0.1) is 0 Å². The lowest BCUT2D eigenvalue weighted by molar-refractivity contribution is -0.136. The van der Waals surface area contributed by atoms with Gasteiger partial charge in [0.2, 0.25) is 0 Å². The number of carbonyl (C=O) groups excluding carboxylic acids is 2. The molecule has 2 rings (SSSR count). The average Bonchev–Trinajstić information content (AvgIpc) is 2.56. The van der Waals surface area contributed by atoms with Gasteiger partial charge in [0.25, 0.3) is 0 Å². The summed E-state index contributed by atoms with van der Waals surface area (Å²) in [6.45, 7) is 0.0428. The maximum atomic E-state index is 13.0. The minimum Gasteiger partial charge on any atom is -0.391 e. The molecule has 0 unspecified atom stereocenters. The van der Waals surface area contributed by atoms with E-state index in [2.05, 4.69) is 10.6 Å². The van der Waals surface area contributed by atoms with Gasteiger partial charge in [-0.3, -0.25) is 9.59 Å². The molecule has 3 N–H and O–H groups in total. The van der Waals surface area contributed by atoms with E-state index in [9.17, 15) is 19.1 Å². The molecule has 0 saturated heterocycles. The number of amides is 2. The average molecular weight is 343 g/mol. The molecule has 0 aromatic heterocycles. The summed E-state index contributed by atoms with van der Waals surface area (Å²) < 4.78 is 13.0. The molecule has 1 aromatic carbocycles. The molecule has 1 fully saturated rings. The lowest BCUT2D eigenvalue weighted by atomic mass is 9.85. The van der Waals surface area contributed by atoms with Crippen molar-refractivity contribution in [3.05, 3.63) is 29.0 Å². The van der Waals surface area contributed by atoms with Crippen LogP contribution in [0.2, 0.25) is 5.02 Å². The minimum absolute atomic E-state index is 0.0428. The van der Waals surface area contributed by atoms with Crippen molar-refractivity contribution in [2.75, 3.05) is 11.9 Å². The maximum Gasteiger partial charge on any atom is 0.313 e. The Balaban J connectivity index is 1.80. The maximum absolute atomic E-state index is 13.0. The molecule has 0 bridgehead atoms. The zero-order chi connectivity index (χ0) is 16.8. The molecule has 0 radical (unpaired) electrons. The van der Waals surface area contributed by atoms with Crippen molar-refractivity contribution in [2.24, 2.45) is 5.92 Å². The normalized spacial score (nSPS) is 16.7. The molecule has 1 aliphatic rings. The predicted octanol–water partition coefficient (Wildman–Crippen LogP) is 2.47. The van der Waals surface area contributed by atoms with Crippen molar-refractivity contribution in [3.63, 3.8) is 0 Å². The van der Waals surface area contributed by atoms with Gasteiger partial charge in [-0.2, -0.15) is 0 Å². The summed E-state index contributed by atoms with van der Waals surface area (Å²) in [5, 5.41) is 14.7. The van der Waals surface area contributed by atoms with Crippen LogP contribution in [0.5, 0.6) is 0 Å². The Hall–Kier alpha value is -1.66. The standard InChI is InChI=1S/C16H20ClFN2O3/c17-12-8-11(6-7-13(12)18)20-16(23)15(22)19-9-14(21)10-4-2-1-3-5-10/h6-8,10,14,21H,1-5,9H2,(H,19,22)(H,20,23)/t14-/m1/s1. The van der Waals surface area contributed by atoms with E-state index in [4.69, 9.17) is 11.6 Å². The second kappa shape index (κ2) is 8.26. The molecule has 7 heteroatoms. The van der Waals surface area contributed by atoms with Gasteiger partial charge in [0, 0.05) is 12.2 Å². The molecule has 1 atom stereocenters. The molecule has 1 aliphatic carbocycles. The highest BCUT2D eigenvalue weighted by atomic mass is 35.5. The second-order valence-corrected chi connectivity index (χ2v) is 6.17. The Bertz CT molecular complexity index is 576. The van der Waals surface area contributed by atoms with Crippen molar-refractivity contribution in [2.45, 2.75) is 38.2 Å². The molecular weight excluding hydrogens is 323 g/mol. The molecule has 5 nitrogen and oxygen atoms in total. The largest absolute Gasteiger partial charge is 0.391 e. The summed E-state index contributed by atoms with van der Waals surface area (Å²) in [6.07, 6.45) is 4.59. The Morgan fingerprint density at radius 1 is 1.26 bits per heavy atom. The summed E-state index contributed by atoms with van der Waals surface area (Å²) in [6, 6.07) is 3.63. The Morgan fingerprint density at radius 2 is 1.96 bits per heavy atom. The Kier molecular flexibility index (Phi) is 6.36. The first-order valence-corrected chi connectivity index (χ1v) is 8.07. The first kappa shape index (κ1) is 17.7. The number of carbonyl (C=O) groups is 2. The van der Waals surface area contributed by atoms with Crippen LogP contribution < -0.4 is 10.6 Å². The number of anilines is 1. The van der Waals surface area contributed by atoms with Crippen LogP contribution in [0, 0.1) is 11.7 Å². The zero-order valence-electron chi connectivity index (χ0n) is 12.6. The van der Waals surface area contributed by atoms with E-state index >= 15 is 0 Å². The van der Waals surface area contributed by atoms with Gasteiger partial charge < -0.3 is 15.7 Å². The Morgan fingerprint density at radius 3 is 2.61 bits per heavy atom. The van der Waals surface area contributed by atoms with Gasteiger partial charge in [0.1, 0.15) is 5.82 Å². The summed E-state index contributed by atoms with van der Waals surface area (Å²) in [5.74, 6) is -2.17. The topological polar surface area (TPSA) is 78.4 Å². The van der Waals surface area contributed by atoms with Crippen molar-refractivity contribution in [1.29, 1.82) is 0 Å². The number of aliphatic hydroxyl groups excluding tert-OH is 1. The van der Waals surface area contributed by atoms with E-state index in [0.717, 1.165) is 31.7 Å². The van der Waals surface area contributed by atoms with E-state index in [0.29, 0.717) is 0 Å². The number of halogens is 2. The van der Waals surface area contributed by atoms with Crippen LogP contribution in [0.15, 0.2) is 18.2 Å². The monoisotopic (exact) mass is 342 g/mol. The number of hydrogen-bond donors (Lipinski definition) is 3. The first-order chi connectivity index (χ1) is 11.0. The molecule has 23 heavy (non-hydrogen) atoms. The van der Waals surface area contributed by atoms with Crippen LogP contribution in [-0.2, 0) is 9.59 Å². The van der Waals surface area contributed by atoms with Crippen molar-refractivity contribution >= 4 is 29.1 Å². The predicted molar refractivity (Wildman–Crippen MR) is 85.6 cm³/mol. The highest BCUT2D eigenvalue weighted by Crippen LogP contribution is 2.26. The van der Waals surface area contributed by atoms with E-state index in [1.165, 1.54) is 18.6 Å². The van der Waals surface area contributed by atoms with Crippen molar-refractivity contribution in [1.82, 2.24) is 5.32 Å². The van der Waals surface area contributed by atoms with Gasteiger partial charge in [0.05, 0.1) is 11.1 Å². The van der Waals surface area contributed by atoms with Gasteiger partial charge in [0.15, 0.2) is 0 Å². The molecule has 1 saturated carbocycles. The number of nitrogens with one attached hydrogen (secondary N) is 2. The van der Waals surface area contributed by atoms with Gasteiger partial charge in [-0.1, -0.05) is 30.9 Å². The van der Waals surface area contributed by atoms with E-state index in [1.807, 2.05) is 0 Å². The summed E-state index contributed by atoms with van der Waals surface area (Å²) >= 11 is 5.61. The summed E-state index contributed by atoms with van der Waals surface area (Å²) in [4.78, 5) is 23.5. The molecule has 0 heterocycles. The Labute approximate surface area is 139 Å². The van der Waals surface area contributed by atoms with E-state index < -0.39 is 23.7 Å². The lowest BCUT2D eigenvalue weighted by Gasteiger charge is -2.26. The minimum atomic E-state index is -0.886. The zero-order valence-corrected chi connectivity index (χ0v) is 13.4. The van der Waals surface area contributed by atoms with Crippen LogP contribution in [0.25, 0.3) is 0 Å². The molecule has 1 aromatic rings. The molecular formula is C16H20ClFN2O3. The second-order valence-electron chi connectivity index (χ2n) is 5.76. The number of benzene rings is 1. The number of rotatable bonds is 4. The SMILES string of the molecule is O=C(NC[C@@H](O)C1CCCCC1)C(=O)Nc1ccc(F)c(Cl)c1. The van der Waals surface area contributed by atoms with E-state index in [1.54, 1.807) is 0 Å². The van der Waals surface area contributed by atoms with Crippen LogP contribution >= 0.6 is 11.6 Å². The van der Waals surface area contributed by atoms with Crippen LogP contribution in [0.4, 0.5) is 10.1 Å². The van der Waals surface area contributed by atoms with Crippen molar-refractivity contribution < 1.29 is 19.1 Å². The van der Waals surface area contributed by atoms with Crippen LogP contribution in [0.3, 0.4) is 0 Å². The highest BCUT2D eigenvalue weighted by Gasteiger charge is 2.23. The summed E-state index contributed by atoms with van der Waals surface area (Å²) in [5.41, 5.74) is 0.226. The van der Waals surface area contributed by atoms with Gasteiger partial charge in [-0.05, 0) is 37.0 Å². The third-order valence-corrected chi connectivity index (χ3v) is 4.34. The molecule has 0 aliphatic heterocycles. The first-order valence-electron chi connectivity index (χ1n) is 7.69. The smallest absolute Gasteiger partial charge is 0.313 e. The highest BCUT2D eigenvalue weighted by molar-refractivity contribution is 6.39. The van der Waals surface area contributed by atoms with E-state index in [-0.39, 0.29) is 23.2 Å². The van der Waals surface area contributed by atoms with Crippen molar-refractivity contribution in [3.8, 4) is 0 Å². The van der Waals surface area contributed by atoms with Crippen LogP contribution in [-0.4, -0.2) is 29.6 Å². The fourth-order valence-electron chi connectivity index (χ4n) is 2.72. The number of hydrogen-bond acceptors (Lipinski definition) is 3. The van der Waals surface area contributed by atoms with Crippen LogP contribution in [0.1, 0.15) is 32.1 Å². The van der Waals surface area contributed by atoms with Gasteiger partial charge >= 0.3 is 11.8 Å². The quantitative estimate of drug-likeness (QED) is 0.735. The third-order valence-electron chi connectivity index (χ3n) is 4.05. The molecule has 0 spiro atoms. The molecule has 2 amide bonds. The molecule has 126 valence electrons. The fourth-order valence-corrected chi connectivity index (χ4v) is 2.91. The third kappa shape index (κ3) is 5.18.